The number of nitrogens with one attached hydrogen (secondary N) is 2. The molecular weight excluding hydrogens is 598 g/mol. The molecule has 16 heteroatoms. The van der Waals surface area contributed by atoms with Crippen molar-refractivity contribution < 1.29 is 45.0 Å². The molecule has 0 atom stereocenters. The van der Waals surface area contributed by atoms with Gasteiger partial charge in [0.2, 0.25) is 0 Å². The largest absolute Gasteiger partial charge is 0.417 e. The van der Waals surface area contributed by atoms with Crippen molar-refractivity contribution in [2.75, 3.05) is 31.5 Å². The van der Waals surface area contributed by atoms with Crippen molar-refractivity contribution in [2.24, 2.45) is 5.41 Å². The second-order valence-electron chi connectivity index (χ2n) is 11.6. The molecule has 0 radical (unpaired) electrons. The number of pyridine rings is 1. The summed E-state index contributed by atoms with van der Waals surface area (Å²) < 4.78 is 111. The van der Waals surface area contributed by atoms with Crippen molar-refractivity contribution in [2.45, 2.75) is 76.4 Å². The molecule has 234 valence electrons. The maximum Gasteiger partial charge on any atom is 0.417 e. The maximum atomic E-state index is 14.3. The highest BCUT2D eigenvalue weighted by Crippen LogP contribution is 2.57. The number of hydrogen-bond donors (Lipinski definition) is 3. The van der Waals surface area contributed by atoms with Crippen LogP contribution in [0.25, 0.3) is 10.4 Å². The molecule has 1 aliphatic heterocycles. The van der Waals surface area contributed by atoms with E-state index in [1.54, 1.807) is 0 Å². The van der Waals surface area contributed by atoms with Crippen LogP contribution in [0.2, 0.25) is 0 Å². The summed E-state index contributed by atoms with van der Waals surface area (Å²) in [6.45, 7) is 1.36. The molecule has 0 bridgehead atoms. The Balaban J connectivity index is 1.70. The first-order valence-corrected chi connectivity index (χ1v) is 14.1. The van der Waals surface area contributed by atoms with Crippen LogP contribution in [-0.4, -0.2) is 69.8 Å². The van der Waals surface area contributed by atoms with E-state index in [1.807, 2.05) is 0 Å². The highest BCUT2D eigenvalue weighted by molar-refractivity contribution is 7.17. The predicted molar refractivity (Wildman–Crippen MR) is 139 cm³/mol. The highest BCUT2D eigenvalue weighted by atomic mass is 32.1. The number of alkyl halides is 8. The number of carbonyl (C=O) groups excluding carboxylic acids is 1. The van der Waals surface area contributed by atoms with Gasteiger partial charge in [-0.2, -0.15) is 26.3 Å². The Kier molecular flexibility index (Phi) is 8.84. The minimum Gasteiger partial charge on any atom is -0.389 e. The number of aromatic nitrogens is 2. The molecule has 2 aromatic heterocycles. The van der Waals surface area contributed by atoms with Gasteiger partial charge in [0.15, 0.2) is 5.01 Å². The van der Waals surface area contributed by atoms with Crippen molar-refractivity contribution in [1.29, 1.82) is 0 Å². The van der Waals surface area contributed by atoms with Gasteiger partial charge < -0.3 is 15.7 Å². The fourth-order valence-corrected chi connectivity index (χ4v) is 5.64. The normalized spacial score (nSPS) is 19.3. The second-order valence-corrected chi connectivity index (χ2v) is 12.6. The maximum absolute atomic E-state index is 14.3. The zero-order valence-electron chi connectivity index (χ0n) is 22.9. The molecule has 2 aliphatic rings. The Hall–Kier alpha value is -2.59. The van der Waals surface area contributed by atoms with Crippen molar-refractivity contribution in [3.63, 3.8) is 0 Å². The number of hydrogen-bond acceptors (Lipinski definition) is 7. The first kappa shape index (κ1) is 32.3. The summed E-state index contributed by atoms with van der Waals surface area (Å²) in [6.07, 6.45) is -8.58. The number of halogens is 8. The minimum absolute atomic E-state index is 0.0480. The summed E-state index contributed by atoms with van der Waals surface area (Å²) in [5.41, 5.74) is -5.07. The predicted octanol–water partition coefficient (Wildman–Crippen LogP) is 6.10. The molecule has 4 rings (SSSR count). The Labute approximate surface area is 240 Å². The average Bonchev–Trinajstić information content (AvgIpc) is 3.59. The van der Waals surface area contributed by atoms with Crippen molar-refractivity contribution in [3.8, 4) is 10.4 Å². The number of rotatable bonds is 9. The Bertz CT molecular complexity index is 1280. The minimum atomic E-state index is -4.98. The van der Waals surface area contributed by atoms with E-state index in [1.165, 1.54) is 18.7 Å². The van der Waals surface area contributed by atoms with E-state index < -0.39 is 65.2 Å². The van der Waals surface area contributed by atoms with Gasteiger partial charge in [0.1, 0.15) is 5.82 Å². The third-order valence-corrected chi connectivity index (χ3v) is 8.31. The van der Waals surface area contributed by atoms with Gasteiger partial charge in [-0.3, -0.25) is 9.69 Å². The van der Waals surface area contributed by atoms with E-state index >= 15 is 0 Å². The molecule has 2 fully saturated rings. The van der Waals surface area contributed by atoms with Crippen molar-refractivity contribution in [1.82, 2.24) is 20.2 Å². The van der Waals surface area contributed by atoms with E-state index in [-0.39, 0.29) is 60.9 Å². The average molecular weight is 630 g/mol. The summed E-state index contributed by atoms with van der Waals surface area (Å²) in [5, 5.41) is 14.5. The van der Waals surface area contributed by atoms with Crippen LogP contribution in [0, 0.1) is 5.41 Å². The van der Waals surface area contributed by atoms with Gasteiger partial charge >= 0.3 is 12.4 Å². The smallest absolute Gasteiger partial charge is 0.389 e. The van der Waals surface area contributed by atoms with Crippen LogP contribution in [-0.2, 0) is 12.7 Å². The molecule has 1 saturated heterocycles. The number of anilines is 1. The van der Waals surface area contributed by atoms with Gasteiger partial charge in [-0.25, -0.2) is 18.7 Å². The van der Waals surface area contributed by atoms with Gasteiger partial charge in [0.25, 0.3) is 11.8 Å². The molecule has 1 aliphatic carbocycles. The van der Waals surface area contributed by atoms with Crippen LogP contribution in [0.1, 0.15) is 67.0 Å². The number of aliphatic hydroxyl groups is 1. The molecular formula is C26H31F8N5O2S. The SMILES string of the molecule is CC(C)(O)CNC(=O)c1nc(CN2CCCCC(F)(F)C2)c(-c2cnc(NCC3(C(F)(F)F)CC3)cc2C(F)(F)F)s1. The molecule has 42 heavy (non-hydrogen) atoms. The quantitative estimate of drug-likeness (QED) is 0.291. The molecule has 2 aromatic rings. The van der Waals surface area contributed by atoms with E-state index in [0.29, 0.717) is 23.8 Å². The van der Waals surface area contributed by atoms with Crippen LogP contribution < -0.4 is 10.6 Å². The lowest BCUT2D eigenvalue weighted by Gasteiger charge is -2.24. The van der Waals surface area contributed by atoms with Crippen LogP contribution in [0.4, 0.5) is 40.9 Å². The third-order valence-electron chi connectivity index (χ3n) is 7.19. The van der Waals surface area contributed by atoms with E-state index in [0.717, 1.165) is 6.20 Å². The summed E-state index contributed by atoms with van der Waals surface area (Å²) in [4.78, 5) is 22.2. The van der Waals surface area contributed by atoms with Crippen LogP contribution >= 0.6 is 11.3 Å². The van der Waals surface area contributed by atoms with Crippen molar-refractivity contribution >= 4 is 23.1 Å². The van der Waals surface area contributed by atoms with Gasteiger partial charge in [-0.05, 0) is 52.1 Å². The Morgan fingerprint density at radius 2 is 1.81 bits per heavy atom. The van der Waals surface area contributed by atoms with E-state index in [4.69, 9.17) is 0 Å². The lowest BCUT2D eigenvalue weighted by molar-refractivity contribution is -0.182. The zero-order chi connectivity index (χ0) is 31.1. The molecule has 3 N–H and O–H groups in total. The van der Waals surface area contributed by atoms with Gasteiger partial charge in [0.05, 0.1) is 33.7 Å². The summed E-state index contributed by atoms with van der Waals surface area (Å²) >= 11 is 0.604. The zero-order valence-corrected chi connectivity index (χ0v) is 23.7. The number of likely N-dealkylation sites (tertiary alicyclic amines) is 1. The fourth-order valence-electron chi connectivity index (χ4n) is 4.63. The lowest BCUT2D eigenvalue weighted by Crippen LogP contribution is -2.38. The van der Waals surface area contributed by atoms with Crippen molar-refractivity contribution in [3.05, 3.63) is 28.5 Å². The highest BCUT2D eigenvalue weighted by Gasteiger charge is 2.63. The molecule has 1 amide bonds. The molecule has 0 unspecified atom stereocenters. The summed E-state index contributed by atoms with van der Waals surface area (Å²) in [6, 6.07) is 0.597. The summed E-state index contributed by atoms with van der Waals surface area (Å²) in [5.74, 6) is -4.21. The number of amides is 1. The topological polar surface area (TPSA) is 90.4 Å². The van der Waals surface area contributed by atoms with E-state index in [2.05, 4.69) is 20.6 Å². The number of thiazole rings is 1. The lowest BCUT2D eigenvalue weighted by atomic mass is 10.1. The van der Waals surface area contributed by atoms with Gasteiger partial charge in [-0.1, -0.05) is 0 Å². The molecule has 0 spiro atoms. The second kappa shape index (κ2) is 11.5. The first-order valence-electron chi connectivity index (χ1n) is 13.3. The molecule has 0 aromatic carbocycles. The first-order chi connectivity index (χ1) is 19.3. The Morgan fingerprint density at radius 1 is 1.12 bits per heavy atom. The van der Waals surface area contributed by atoms with Crippen LogP contribution in [0.15, 0.2) is 12.3 Å². The third kappa shape index (κ3) is 7.86. The Morgan fingerprint density at radius 3 is 2.40 bits per heavy atom. The fraction of sp³-hybridized carbons (Fsp3) is 0.654. The molecule has 3 heterocycles. The number of nitrogens with zero attached hydrogens (tertiary/aromatic N) is 3. The molecule has 7 nitrogen and oxygen atoms in total. The standard InChI is InChI=1S/C26H31F8N5O2S/c1-22(2,41)12-37-20(40)21-38-17(11-39-8-4-3-5-24(27,28)14-39)19(42-21)15-10-35-18(9-16(15)25(29,30)31)36-13-23(6-7-23)26(32,33)34/h9-10,41H,3-8,11-14H2,1-2H3,(H,35,36)(H,37,40). The van der Waals surface area contributed by atoms with E-state index in [9.17, 15) is 45.0 Å². The van der Waals surface area contributed by atoms with Gasteiger partial charge in [0, 0.05) is 37.8 Å². The monoisotopic (exact) mass is 629 g/mol. The summed E-state index contributed by atoms with van der Waals surface area (Å²) in [7, 11) is 0. The number of carbonyl (C=O) groups is 1. The van der Waals surface area contributed by atoms with Crippen LogP contribution in [0.3, 0.4) is 0 Å². The van der Waals surface area contributed by atoms with Gasteiger partial charge in [-0.15, -0.1) is 11.3 Å². The van der Waals surface area contributed by atoms with Crippen LogP contribution in [0.5, 0.6) is 0 Å². The molecule has 1 saturated carbocycles.